The zero-order valence-electron chi connectivity index (χ0n) is 10.1. The third kappa shape index (κ3) is 2.88. The van der Waals surface area contributed by atoms with Crippen LogP contribution in [0, 0.1) is 11.3 Å². The molecular formula is C16H11NO2. The topological polar surface area (TPSA) is 61.1 Å². The van der Waals surface area contributed by atoms with E-state index in [4.69, 9.17) is 5.11 Å². The van der Waals surface area contributed by atoms with Gasteiger partial charge in [-0.15, -0.1) is 0 Å². The smallest absolute Gasteiger partial charge is 0.328 e. The monoisotopic (exact) mass is 249 g/mol. The molecule has 0 bridgehead atoms. The maximum Gasteiger partial charge on any atom is 0.328 e. The highest BCUT2D eigenvalue weighted by Gasteiger charge is 2.07. The Morgan fingerprint density at radius 1 is 1.11 bits per heavy atom. The Morgan fingerprint density at radius 3 is 2.47 bits per heavy atom. The van der Waals surface area contributed by atoms with Crippen molar-refractivity contribution in [1.82, 2.24) is 0 Å². The van der Waals surface area contributed by atoms with Crippen LogP contribution in [0.5, 0.6) is 0 Å². The van der Waals surface area contributed by atoms with Gasteiger partial charge in [0.25, 0.3) is 0 Å². The lowest BCUT2D eigenvalue weighted by molar-refractivity contribution is -0.131. The molecule has 2 rings (SSSR count). The first-order valence-electron chi connectivity index (χ1n) is 5.72. The predicted molar refractivity (Wildman–Crippen MR) is 73.3 cm³/mol. The molecule has 92 valence electrons. The molecule has 2 aromatic carbocycles. The largest absolute Gasteiger partial charge is 0.478 e. The Morgan fingerprint density at radius 2 is 1.84 bits per heavy atom. The molecule has 0 fully saturated rings. The highest BCUT2D eigenvalue weighted by Crippen LogP contribution is 2.26. The summed E-state index contributed by atoms with van der Waals surface area (Å²) in [6, 6.07) is 17.1. The molecule has 0 amide bonds. The molecule has 2 aromatic rings. The van der Waals surface area contributed by atoms with Gasteiger partial charge in [0.1, 0.15) is 6.07 Å². The third-order valence-electron chi connectivity index (χ3n) is 2.70. The van der Waals surface area contributed by atoms with Crippen LogP contribution in [-0.2, 0) is 4.79 Å². The number of hydrogen-bond donors (Lipinski definition) is 1. The zero-order valence-corrected chi connectivity index (χ0v) is 10.1. The van der Waals surface area contributed by atoms with E-state index in [1.807, 2.05) is 42.5 Å². The standard InChI is InChI=1S/C16H11NO2/c17-11-15-13(9-10-16(18)19)7-4-8-14(15)12-5-2-1-3-6-12/h1-10H,(H,18,19). The molecule has 1 N–H and O–H groups in total. The minimum Gasteiger partial charge on any atom is -0.478 e. The van der Waals surface area contributed by atoms with Crippen molar-refractivity contribution in [3.8, 4) is 17.2 Å². The minimum atomic E-state index is -1.03. The molecule has 0 aliphatic rings. The zero-order chi connectivity index (χ0) is 13.7. The normalized spacial score (nSPS) is 10.3. The lowest BCUT2D eigenvalue weighted by Crippen LogP contribution is -1.90. The number of hydrogen-bond acceptors (Lipinski definition) is 2. The quantitative estimate of drug-likeness (QED) is 0.849. The van der Waals surface area contributed by atoms with Gasteiger partial charge in [0.2, 0.25) is 0 Å². The summed E-state index contributed by atoms with van der Waals surface area (Å²) in [4.78, 5) is 10.6. The van der Waals surface area contributed by atoms with Gasteiger partial charge >= 0.3 is 5.97 Å². The molecular weight excluding hydrogens is 238 g/mol. The van der Waals surface area contributed by atoms with Crippen molar-refractivity contribution in [2.24, 2.45) is 0 Å². The number of benzene rings is 2. The van der Waals surface area contributed by atoms with Crippen molar-refractivity contribution in [3.63, 3.8) is 0 Å². The van der Waals surface area contributed by atoms with E-state index in [2.05, 4.69) is 6.07 Å². The number of nitriles is 1. The highest BCUT2D eigenvalue weighted by molar-refractivity contribution is 5.87. The van der Waals surface area contributed by atoms with Crippen molar-refractivity contribution in [3.05, 3.63) is 65.7 Å². The molecule has 3 nitrogen and oxygen atoms in total. The molecule has 0 saturated heterocycles. The summed E-state index contributed by atoms with van der Waals surface area (Å²) in [6.07, 6.45) is 2.47. The molecule has 3 heteroatoms. The maximum atomic E-state index is 10.6. The van der Waals surface area contributed by atoms with Gasteiger partial charge < -0.3 is 5.11 Å². The van der Waals surface area contributed by atoms with Crippen LogP contribution in [0.4, 0.5) is 0 Å². The predicted octanol–water partition coefficient (Wildman–Crippen LogP) is 3.32. The summed E-state index contributed by atoms with van der Waals surface area (Å²) in [7, 11) is 0. The first-order chi connectivity index (χ1) is 9.22. The van der Waals surface area contributed by atoms with Crippen LogP contribution in [0.2, 0.25) is 0 Å². The minimum absolute atomic E-state index is 0.478. The van der Waals surface area contributed by atoms with Crippen molar-refractivity contribution in [1.29, 1.82) is 5.26 Å². The summed E-state index contributed by atoms with van der Waals surface area (Å²) in [6.45, 7) is 0. The van der Waals surface area contributed by atoms with Gasteiger partial charge in [-0.3, -0.25) is 0 Å². The van der Waals surface area contributed by atoms with Crippen LogP contribution < -0.4 is 0 Å². The fourth-order valence-electron chi connectivity index (χ4n) is 1.85. The summed E-state index contributed by atoms with van der Waals surface area (Å²) in [5, 5.41) is 17.9. The van der Waals surface area contributed by atoms with Gasteiger partial charge in [0, 0.05) is 11.6 Å². The van der Waals surface area contributed by atoms with E-state index < -0.39 is 5.97 Å². The summed E-state index contributed by atoms with van der Waals surface area (Å²) < 4.78 is 0. The molecule has 0 atom stereocenters. The van der Waals surface area contributed by atoms with Crippen molar-refractivity contribution in [2.75, 3.05) is 0 Å². The second-order valence-corrected chi connectivity index (χ2v) is 3.92. The Hall–Kier alpha value is -2.86. The fraction of sp³-hybridized carbons (Fsp3) is 0. The number of carboxylic acids is 1. The van der Waals surface area contributed by atoms with E-state index >= 15 is 0 Å². The van der Waals surface area contributed by atoms with Crippen LogP contribution in [0.15, 0.2) is 54.6 Å². The van der Waals surface area contributed by atoms with Gasteiger partial charge in [0.05, 0.1) is 5.56 Å². The van der Waals surface area contributed by atoms with Crippen LogP contribution in [0.3, 0.4) is 0 Å². The van der Waals surface area contributed by atoms with Crippen LogP contribution in [0.25, 0.3) is 17.2 Å². The van der Waals surface area contributed by atoms with Gasteiger partial charge in [-0.1, -0.05) is 48.5 Å². The second-order valence-electron chi connectivity index (χ2n) is 3.92. The first-order valence-corrected chi connectivity index (χ1v) is 5.72. The van der Waals surface area contributed by atoms with Gasteiger partial charge in [-0.25, -0.2) is 4.79 Å². The number of carboxylic acid groups (broad SMARTS) is 1. The second kappa shape index (κ2) is 5.65. The molecule has 0 aromatic heterocycles. The van der Waals surface area contributed by atoms with Gasteiger partial charge in [-0.2, -0.15) is 5.26 Å². The lowest BCUT2D eigenvalue weighted by atomic mass is 9.96. The molecule has 0 saturated carbocycles. The van der Waals surface area contributed by atoms with Gasteiger partial charge in [-0.05, 0) is 17.2 Å². The lowest BCUT2D eigenvalue weighted by Gasteiger charge is -2.06. The van der Waals surface area contributed by atoms with Crippen LogP contribution in [-0.4, -0.2) is 11.1 Å². The molecule has 0 unspecified atom stereocenters. The van der Waals surface area contributed by atoms with Crippen molar-refractivity contribution >= 4 is 12.0 Å². The van der Waals surface area contributed by atoms with Crippen molar-refractivity contribution < 1.29 is 9.90 Å². The molecule has 0 spiro atoms. The Kier molecular flexibility index (Phi) is 3.75. The third-order valence-corrected chi connectivity index (χ3v) is 2.70. The van der Waals surface area contributed by atoms with Gasteiger partial charge in [0.15, 0.2) is 0 Å². The number of carbonyl (C=O) groups is 1. The Bertz CT molecular complexity index is 667. The molecule has 0 heterocycles. The average Bonchev–Trinajstić information content (AvgIpc) is 2.45. The Balaban J connectivity index is 2.56. The molecule has 0 aliphatic heterocycles. The van der Waals surface area contributed by atoms with Crippen LogP contribution >= 0.6 is 0 Å². The van der Waals surface area contributed by atoms with Crippen molar-refractivity contribution in [2.45, 2.75) is 0 Å². The van der Waals surface area contributed by atoms with E-state index in [1.54, 1.807) is 6.07 Å². The summed E-state index contributed by atoms with van der Waals surface area (Å²) in [5.74, 6) is -1.03. The van der Waals surface area contributed by atoms with E-state index in [-0.39, 0.29) is 0 Å². The maximum absolute atomic E-state index is 10.6. The fourth-order valence-corrected chi connectivity index (χ4v) is 1.85. The number of rotatable bonds is 3. The average molecular weight is 249 g/mol. The van der Waals surface area contributed by atoms with E-state index in [0.29, 0.717) is 11.1 Å². The summed E-state index contributed by atoms with van der Waals surface area (Å²) in [5.41, 5.74) is 2.82. The van der Waals surface area contributed by atoms with E-state index in [9.17, 15) is 10.1 Å². The SMILES string of the molecule is N#Cc1c(C=CC(=O)O)cccc1-c1ccccc1. The van der Waals surface area contributed by atoms with E-state index in [1.165, 1.54) is 6.08 Å². The molecule has 0 radical (unpaired) electrons. The molecule has 0 aliphatic carbocycles. The highest BCUT2D eigenvalue weighted by atomic mass is 16.4. The first kappa shape index (κ1) is 12.6. The number of nitrogens with zero attached hydrogens (tertiary/aromatic N) is 1. The Labute approximate surface area is 111 Å². The van der Waals surface area contributed by atoms with E-state index in [0.717, 1.165) is 17.2 Å². The van der Waals surface area contributed by atoms with Crippen LogP contribution in [0.1, 0.15) is 11.1 Å². The summed E-state index contributed by atoms with van der Waals surface area (Å²) >= 11 is 0. The number of aliphatic carboxylic acids is 1. The molecule has 19 heavy (non-hydrogen) atoms.